The third kappa shape index (κ3) is 5.72. The Morgan fingerprint density at radius 2 is 2.17 bits per heavy atom. The Kier molecular flexibility index (Phi) is 9.76. The van der Waals surface area contributed by atoms with Gasteiger partial charge in [-0.2, -0.15) is 0 Å². The number of rotatable bonds is 5. The molecular formula is C12H15IO4S. The monoisotopic (exact) mass is 382 g/mol. The Bertz CT molecular complexity index is 396. The summed E-state index contributed by atoms with van der Waals surface area (Å²) in [5.41, 5.74) is 0.344. The number of hydrogen-bond acceptors (Lipinski definition) is 5. The summed E-state index contributed by atoms with van der Waals surface area (Å²) < 4.78 is 4.91. The zero-order valence-electron chi connectivity index (χ0n) is 10.2. The van der Waals surface area contributed by atoms with Gasteiger partial charge in [0.25, 0.3) is 0 Å². The van der Waals surface area contributed by atoms with Crippen molar-refractivity contribution in [1.82, 2.24) is 0 Å². The molecule has 18 heavy (non-hydrogen) atoms. The van der Waals surface area contributed by atoms with E-state index in [0.29, 0.717) is 17.6 Å². The number of aromatic hydroxyl groups is 1. The topological polar surface area (TPSA) is 63.6 Å². The maximum absolute atomic E-state index is 11.5. The highest BCUT2D eigenvalue weighted by Gasteiger charge is 2.13. The van der Waals surface area contributed by atoms with Crippen LogP contribution in [0.3, 0.4) is 0 Å². The molecule has 0 spiro atoms. The second-order valence-electron chi connectivity index (χ2n) is 2.84. The van der Waals surface area contributed by atoms with Gasteiger partial charge in [0.15, 0.2) is 0 Å². The van der Waals surface area contributed by atoms with Crippen molar-refractivity contribution in [3.8, 4) is 5.75 Å². The number of halogens is 1. The summed E-state index contributed by atoms with van der Waals surface area (Å²) >= 11 is 2.10. The van der Waals surface area contributed by atoms with Crippen molar-refractivity contribution in [3.63, 3.8) is 0 Å². The lowest BCUT2D eigenvalue weighted by atomic mass is 10.1. The van der Waals surface area contributed by atoms with Gasteiger partial charge in [-0.05, 0) is 39.4 Å². The number of carbonyl (C=O) groups excluding carboxylic acids is 2. The predicted molar refractivity (Wildman–Crippen MR) is 81.6 cm³/mol. The van der Waals surface area contributed by atoms with Gasteiger partial charge in [0.2, 0.25) is 0 Å². The molecule has 1 N–H and O–H groups in total. The normalized spacial score (nSPS) is 9.06. The average Bonchev–Trinajstić information content (AvgIpc) is 2.41. The van der Waals surface area contributed by atoms with Gasteiger partial charge in [0.05, 0.1) is 0 Å². The number of esters is 1. The summed E-state index contributed by atoms with van der Waals surface area (Å²) in [5, 5.41) is 9.43. The molecule has 0 heterocycles. The van der Waals surface area contributed by atoms with Crippen molar-refractivity contribution in [2.24, 2.45) is 0 Å². The fraction of sp³-hybridized carbons (Fsp3) is 0.333. The summed E-state index contributed by atoms with van der Waals surface area (Å²) in [4.78, 5) is 22.0. The van der Waals surface area contributed by atoms with Gasteiger partial charge in [0, 0.05) is 11.3 Å². The minimum atomic E-state index is -0.619. The van der Waals surface area contributed by atoms with E-state index < -0.39 is 5.97 Å². The zero-order chi connectivity index (χ0) is 14.0. The van der Waals surface area contributed by atoms with Crippen LogP contribution in [-0.4, -0.2) is 29.7 Å². The minimum Gasteiger partial charge on any atom is -0.507 e. The highest BCUT2D eigenvalue weighted by molar-refractivity contribution is 14.2. The summed E-state index contributed by atoms with van der Waals surface area (Å²) in [5.74, 6) is -0.121. The Morgan fingerprint density at radius 1 is 1.50 bits per heavy atom. The molecule has 0 amide bonds. The molecule has 1 aromatic rings. The lowest BCUT2D eigenvalue weighted by Gasteiger charge is -2.05. The van der Waals surface area contributed by atoms with Crippen LogP contribution in [0, 0.1) is 0 Å². The number of phenols is 1. The van der Waals surface area contributed by atoms with E-state index in [-0.39, 0.29) is 17.9 Å². The second-order valence-corrected chi connectivity index (χ2v) is 5.34. The summed E-state index contributed by atoms with van der Waals surface area (Å²) in [6, 6.07) is 4.04. The van der Waals surface area contributed by atoms with Crippen molar-refractivity contribution >= 4 is 42.4 Å². The van der Waals surface area contributed by atoms with E-state index in [2.05, 4.69) is 21.2 Å². The van der Waals surface area contributed by atoms with Crippen molar-refractivity contribution in [2.45, 2.75) is 13.8 Å². The summed E-state index contributed by atoms with van der Waals surface area (Å²) in [6.07, 6.45) is 0.608. The van der Waals surface area contributed by atoms with E-state index in [1.54, 1.807) is 0 Å². The van der Waals surface area contributed by atoms with Crippen LogP contribution in [0.4, 0.5) is 0 Å². The molecular weight excluding hydrogens is 367 g/mol. The molecule has 0 atom stereocenters. The van der Waals surface area contributed by atoms with E-state index in [1.807, 2.05) is 13.8 Å². The first-order chi connectivity index (χ1) is 8.69. The average molecular weight is 382 g/mol. The molecule has 0 radical (unpaired) electrons. The van der Waals surface area contributed by atoms with Crippen LogP contribution in [0.25, 0.3) is 0 Å². The Hall–Kier alpha value is -0.760. The maximum atomic E-state index is 11.5. The molecule has 1 aromatic carbocycles. The third-order valence-electron chi connectivity index (χ3n) is 1.77. The van der Waals surface area contributed by atoms with Gasteiger partial charge in [0.1, 0.15) is 24.2 Å². The van der Waals surface area contributed by atoms with Crippen molar-refractivity contribution < 1.29 is 19.4 Å². The molecule has 0 saturated heterocycles. The van der Waals surface area contributed by atoms with Gasteiger partial charge < -0.3 is 9.84 Å². The molecule has 0 aliphatic heterocycles. The quantitative estimate of drug-likeness (QED) is 0.366. The first kappa shape index (κ1) is 17.2. The number of ether oxygens (including phenoxy) is 1. The smallest absolute Gasteiger partial charge is 0.341 e. The highest BCUT2D eigenvalue weighted by Crippen LogP contribution is 2.19. The van der Waals surface area contributed by atoms with Crippen LogP contribution >= 0.6 is 30.1 Å². The highest BCUT2D eigenvalue weighted by atomic mass is 127. The fourth-order valence-electron chi connectivity index (χ4n) is 1.03. The molecule has 1 rings (SSSR count). The molecule has 0 aliphatic rings. The number of benzene rings is 1. The third-order valence-corrected chi connectivity index (χ3v) is 3.41. The largest absolute Gasteiger partial charge is 0.507 e. The number of carbonyl (C=O) groups is 2. The standard InChI is InChI=1S/C10H9IO4S.C2H6/c11-16-4-3-15-10(14)8-5-7(6-12)1-2-9(8)13;1-2/h1-2,5-6,13H,3-4H2;1-2H3. The van der Waals surface area contributed by atoms with E-state index in [0.717, 1.165) is 0 Å². The molecule has 0 saturated carbocycles. The van der Waals surface area contributed by atoms with Crippen molar-refractivity contribution in [3.05, 3.63) is 29.3 Å². The molecule has 0 aliphatic carbocycles. The maximum Gasteiger partial charge on any atom is 0.341 e. The number of hydrogen-bond donors (Lipinski definition) is 1. The molecule has 0 unspecified atom stereocenters. The van der Waals surface area contributed by atoms with Crippen LogP contribution in [0.1, 0.15) is 34.6 Å². The molecule has 6 heteroatoms. The van der Waals surface area contributed by atoms with Crippen molar-refractivity contribution in [1.29, 1.82) is 0 Å². The van der Waals surface area contributed by atoms with Crippen LogP contribution in [0.5, 0.6) is 5.75 Å². The van der Waals surface area contributed by atoms with Crippen LogP contribution in [-0.2, 0) is 4.74 Å². The Morgan fingerprint density at radius 3 is 2.72 bits per heavy atom. The predicted octanol–water partition coefficient (Wildman–Crippen LogP) is 3.47. The molecule has 4 nitrogen and oxygen atoms in total. The number of phenolic OH excluding ortho intramolecular Hbond substituents is 1. The zero-order valence-corrected chi connectivity index (χ0v) is 13.2. The van der Waals surface area contributed by atoms with Gasteiger partial charge in [-0.3, -0.25) is 4.79 Å². The first-order valence-corrected chi connectivity index (χ1v) is 8.90. The Labute approximate surface area is 123 Å². The Balaban J connectivity index is 0.00000137. The van der Waals surface area contributed by atoms with Crippen LogP contribution in [0.2, 0.25) is 0 Å². The second kappa shape index (κ2) is 10.2. The summed E-state index contributed by atoms with van der Waals surface area (Å²) in [7, 11) is 1.52. The minimum absolute atomic E-state index is 0.0167. The lowest BCUT2D eigenvalue weighted by Crippen LogP contribution is -2.08. The van der Waals surface area contributed by atoms with Gasteiger partial charge in [-0.1, -0.05) is 22.8 Å². The van der Waals surface area contributed by atoms with E-state index >= 15 is 0 Å². The van der Waals surface area contributed by atoms with Crippen molar-refractivity contribution in [2.75, 3.05) is 12.4 Å². The summed E-state index contributed by atoms with van der Waals surface area (Å²) in [6.45, 7) is 4.27. The van der Waals surface area contributed by atoms with Gasteiger partial charge in [-0.25, -0.2) is 4.79 Å². The first-order valence-electron chi connectivity index (χ1n) is 5.38. The fourth-order valence-corrected chi connectivity index (χ4v) is 1.72. The van der Waals surface area contributed by atoms with Crippen LogP contribution < -0.4 is 0 Å². The molecule has 100 valence electrons. The van der Waals surface area contributed by atoms with E-state index in [4.69, 9.17) is 4.74 Å². The molecule has 0 fully saturated rings. The SMILES string of the molecule is CC.O=Cc1ccc(O)c(C(=O)OCCSI)c1. The number of aldehydes is 1. The lowest BCUT2D eigenvalue weighted by molar-refractivity contribution is 0.0527. The van der Waals surface area contributed by atoms with E-state index in [1.165, 1.54) is 27.1 Å². The van der Waals surface area contributed by atoms with Crippen LogP contribution in [0.15, 0.2) is 18.2 Å². The molecule has 0 bridgehead atoms. The molecule has 0 aromatic heterocycles. The van der Waals surface area contributed by atoms with E-state index in [9.17, 15) is 14.7 Å². The van der Waals surface area contributed by atoms with Gasteiger partial charge >= 0.3 is 5.97 Å². The van der Waals surface area contributed by atoms with Gasteiger partial charge in [-0.15, -0.1) is 0 Å².